The number of nitrogens with zero attached hydrogens (tertiary/aromatic N) is 1. The average Bonchev–Trinajstić information content (AvgIpc) is 3.09. The van der Waals surface area contributed by atoms with E-state index in [9.17, 15) is 4.79 Å². The van der Waals surface area contributed by atoms with Crippen LogP contribution in [-0.2, 0) is 16.6 Å². The molecule has 3 aromatic rings. The summed E-state index contributed by atoms with van der Waals surface area (Å²) >= 11 is 0. The highest BCUT2D eigenvalue weighted by Gasteiger charge is 2.53. The number of nitrogens with one attached hydrogen (secondary N) is 1. The summed E-state index contributed by atoms with van der Waals surface area (Å²) in [6.07, 6.45) is 3.91. The number of carbonyl (C=O) groups is 1. The first-order valence-electron chi connectivity index (χ1n) is 8.63. The highest BCUT2D eigenvalue weighted by molar-refractivity contribution is 5.90. The highest BCUT2D eigenvalue weighted by atomic mass is 16.5. The first-order chi connectivity index (χ1) is 12.7. The van der Waals surface area contributed by atoms with Crippen LogP contribution in [0.2, 0.25) is 0 Å². The Balaban J connectivity index is 1.36. The van der Waals surface area contributed by atoms with Crippen LogP contribution in [0.4, 0.5) is 0 Å². The smallest absolute Gasteiger partial charge is 0.232 e. The zero-order chi connectivity index (χ0) is 18.0. The van der Waals surface area contributed by atoms with Crippen molar-refractivity contribution in [3.8, 4) is 17.3 Å². The van der Waals surface area contributed by atoms with Gasteiger partial charge in [-0.25, -0.2) is 0 Å². The molecule has 0 atom stereocenters. The summed E-state index contributed by atoms with van der Waals surface area (Å²) in [5, 5.41) is 7.13. The summed E-state index contributed by atoms with van der Waals surface area (Å²) in [7, 11) is 1.64. The van der Waals surface area contributed by atoms with Gasteiger partial charge in [0.1, 0.15) is 5.75 Å². The van der Waals surface area contributed by atoms with Crippen LogP contribution in [0, 0.1) is 0 Å². The normalized spacial score (nSPS) is 14.8. The predicted octanol–water partition coefficient (Wildman–Crippen LogP) is 3.33. The van der Waals surface area contributed by atoms with Crippen LogP contribution in [0.25, 0.3) is 11.5 Å². The van der Waals surface area contributed by atoms with Gasteiger partial charge in [0.15, 0.2) is 5.76 Å². The third kappa shape index (κ3) is 3.10. The Hall–Kier alpha value is -3.02. The second-order valence-electron chi connectivity index (χ2n) is 6.49. The molecule has 1 fully saturated rings. The van der Waals surface area contributed by atoms with Gasteiger partial charge < -0.3 is 19.0 Å². The highest BCUT2D eigenvalue weighted by Crippen LogP contribution is 2.48. The molecule has 6 nitrogen and oxygen atoms in total. The van der Waals surface area contributed by atoms with Crippen LogP contribution in [0.5, 0.6) is 5.75 Å². The summed E-state index contributed by atoms with van der Waals surface area (Å²) < 4.78 is 15.8. The Bertz CT molecular complexity index is 877. The molecule has 2 heterocycles. The van der Waals surface area contributed by atoms with E-state index >= 15 is 0 Å². The number of aromatic nitrogens is 1. The minimum atomic E-state index is -0.561. The zero-order valence-electron chi connectivity index (χ0n) is 14.5. The SMILES string of the molecule is COc1ccc(CCNC(=O)C2(c3cc(-c4ccco4)on3)CC2)cc1. The van der Waals surface area contributed by atoms with E-state index in [0.717, 1.165) is 30.6 Å². The van der Waals surface area contributed by atoms with Gasteiger partial charge in [0, 0.05) is 12.6 Å². The fourth-order valence-corrected chi connectivity index (χ4v) is 3.04. The lowest BCUT2D eigenvalue weighted by Gasteiger charge is -2.12. The maximum absolute atomic E-state index is 12.7. The molecule has 0 radical (unpaired) electrons. The van der Waals surface area contributed by atoms with Gasteiger partial charge in [0.25, 0.3) is 0 Å². The maximum Gasteiger partial charge on any atom is 0.232 e. The lowest BCUT2D eigenvalue weighted by atomic mass is 10.0. The minimum Gasteiger partial charge on any atom is -0.497 e. The van der Waals surface area contributed by atoms with Crippen LogP contribution in [0.15, 0.2) is 57.7 Å². The van der Waals surface area contributed by atoms with Crippen LogP contribution >= 0.6 is 0 Å². The molecular weight excluding hydrogens is 332 g/mol. The number of carbonyl (C=O) groups excluding carboxylic acids is 1. The van der Waals surface area contributed by atoms with E-state index in [-0.39, 0.29) is 5.91 Å². The van der Waals surface area contributed by atoms with Crippen molar-refractivity contribution in [2.45, 2.75) is 24.7 Å². The first-order valence-corrected chi connectivity index (χ1v) is 8.63. The van der Waals surface area contributed by atoms with Gasteiger partial charge in [-0.1, -0.05) is 17.3 Å². The second-order valence-corrected chi connectivity index (χ2v) is 6.49. The molecule has 1 N–H and O–H groups in total. The van der Waals surface area contributed by atoms with Crippen LogP contribution in [0.1, 0.15) is 24.1 Å². The van der Waals surface area contributed by atoms with E-state index in [1.165, 1.54) is 0 Å². The molecule has 4 rings (SSSR count). The third-order valence-corrected chi connectivity index (χ3v) is 4.81. The molecule has 0 bridgehead atoms. The molecule has 1 amide bonds. The van der Waals surface area contributed by atoms with Crippen molar-refractivity contribution in [3.63, 3.8) is 0 Å². The number of amides is 1. The molecule has 6 heteroatoms. The number of ether oxygens (including phenoxy) is 1. The van der Waals surface area contributed by atoms with Crippen molar-refractivity contribution in [1.29, 1.82) is 0 Å². The second kappa shape index (κ2) is 6.71. The molecular formula is C20H20N2O4. The van der Waals surface area contributed by atoms with Crippen molar-refractivity contribution in [2.75, 3.05) is 13.7 Å². The predicted molar refractivity (Wildman–Crippen MR) is 94.8 cm³/mol. The van der Waals surface area contributed by atoms with Crippen LogP contribution in [0.3, 0.4) is 0 Å². The molecule has 0 spiro atoms. The van der Waals surface area contributed by atoms with E-state index in [0.29, 0.717) is 23.8 Å². The molecule has 134 valence electrons. The van der Waals surface area contributed by atoms with E-state index in [1.54, 1.807) is 31.6 Å². The van der Waals surface area contributed by atoms with Crippen molar-refractivity contribution in [3.05, 3.63) is 60.0 Å². The lowest BCUT2D eigenvalue weighted by molar-refractivity contribution is -0.123. The quantitative estimate of drug-likeness (QED) is 0.706. The molecule has 1 aromatic carbocycles. The molecule has 1 aliphatic carbocycles. The topological polar surface area (TPSA) is 77.5 Å². The number of rotatable bonds is 7. The van der Waals surface area contributed by atoms with Gasteiger partial charge in [0.05, 0.1) is 24.5 Å². The molecule has 2 aromatic heterocycles. The maximum atomic E-state index is 12.7. The van der Waals surface area contributed by atoms with Gasteiger partial charge in [0.2, 0.25) is 11.7 Å². The Morgan fingerprint density at radius 3 is 2.69 bits per heavy atom. The third-order valence-electron chi connectivity index (χ3n) is 4.81. The van der Waals surface area contributed by atoms with Crippen LogP contribution in [-0.4, -0.2) is 24.7 Å². The molecule has 0 unspecified atom stereocenters. The summed E-state index contributed by atoms with van der Waals surface area (Å²) in [4.78, 5) is 12.7. The van der Waals surface area contributed by atoms with Gasteiger partial charge in [-0.15, -0.1) is 0 Å². The van der Waals surface area contributed by atoms with E-state index in [4.69, 9.17) is 13.7 Å². The van der Waals surface area contributed by atoms with Crippen molar-refractivity contribution in [1.82, 2.24) is 10.5 Å². The summed E-state index contributed by atoms with van der Waals surface area (Å²) in [5.41, 5.74) is 1.26. The monoisotopic (exact) mass is 352 g/mol. The van der Waals surface area contributed by atoms with Crippen molar-refractivity contribution >= 4 is 5.91 Å². The van der Waals surface area contributed by atoms with Gasteiger partial charge in [-0.3, -0.25) is 4.79 Å². The zero-order valence-corrected chi connectivity index (χ0v) is 14.5. The largest absolute Gasteiger partial charge is 0.497 e. The molecule has 1 saturated carbocycles. The number of methoxy groups -OCH3 is 1. The van der Waals surface area contributed by atoms with Crippen molar-refractivity contribution < 1.29 is 18.5 Å². The molecule has 0 aliphatic heterocycles. The minimum absolute atomic E-state index is 0.00491. The number of benzene rings is 1. The Morgan fingerprint density at radius 1 is 1.23 bits per heavy atom. The number of hydrogen-bond donors (Lipinski definition) is 1. The number of furan rings is 1. The van der Waals surface area contributed by atoms with Crippen molar-refractivity contribution in [2.24, 2.45) is 0 Å². The van der Waals surface area contributed by atoms with Gasteiger partial charge >= 0.3 is 0 Å². The van der Waals surface area contributed by atoms with E-state index in [1.807, 2.05) is 24.3 Å². The molecule has 26 heavy (non-hydrogen) atoms. The molecule has 0 saturated heterocycles. The fraction of sp³-hybridized carbons (Fsp3) is 0.300. The lowest BCUT2D eigenvalue weighted by Crippen LogP contribution is -2.36. The standard InChI is InChI=1S/C20H20N2O4/c1-24-15-6-4-14(5-7-15)8-11-21-19(23)20(9-10-20)18-13-17(26-22-18)16-3-2-12-25-16/h2-7,12-13H,8-11H2,1H3,(H,21,23). The Morgan fingerprint density at radius 2 is 2.04 bits per heavy atom. The summed E-state index contributed by atoms with van der Waals surface area (Å²) in [6, 6.07) is 13.2. The summed E-state index contributed by atoms with van der Waals surface area (Å²) in [6.45, 7) is 0.579. The van der Waals surface area contributed by atoms with Gasteiger partial charge in [-0.05, 0) is 49.1 Å². The summed E-state index contributed by atoms with van der Waals surface area (Å²) in [5.74, 6) is 1.99. The van der Waals surface area contributed by atoms with Crippen LogP contribution < -0.4 is 10.1 Å². The Labute approximate surface area is 151 Å². The van der Waals surface area contributed by atoms with Gasteiger partial charge in [-0.2, -0.15) is 0 Å². The Kier molecular flexibility index (Phi) is 4.24. The molecule has 1 aliphatic rings. The number of hydrogen-bond acceptors (Lipinski definition) is 5. The first kappa shape index (κ1) is 16.4. The average molecular weight is 352 g/mol. The fourth-order valence-electron chi connectivity index (χ4n) is 3.04. The van der Waals surface area contributed by atoms with E-state index < -0.39 is 5.41 Å². The van der Waals surface area contributed by atoms with E-state index in [2.05, 4.69) is 10.5 Å².